The number of likely N-dealkylation sites (tertiary alicyclic amines) is 1. The number of nitrogens with zero attached hydrogens (tertiary/aromatic N) is 1. The van der Waals surface area contributed by atoms with Crippen molar-refractivity contribution in [3.63, 3.8) is 0 Å². The quantitative estimate of drug-likeness (QED) is 0.919. The third kappa shape index (κ3) is 4.04. The van der Waals surface area contributed by atoms with Crippen molar-refractivity contribution in [3.05, 3.63) is 34.1 Å². The molecule has 0 atom stereocenters. The molecule has 0 aromatic heterocycles. The Morgan fingerprint density at radius 2 is 2.11 bits per heavy atom. The average Bonchev–Trinajstić information content (AvgIpc) is 2.36. The summed E-state index contributed by atoms with van der Waals surface area (Å²) in [4.78, 5) is 2.37. The van der Waals surface area contributed by atoms with E-state index in [2.05, 4.69) is 33.2 Å². The van der Waals surface area contributed by atoms with Crippen LogP contribution in [-0.2, 0) is 6.54 Å². The van der Waals surface area contributed by atoms with E-state index in [0.717, 1.165) is 22.5 Å². The Balaban J connectivity index is 1.76. The molecule has 0 radical (unpaired) electrons. The fraction of sp³-hybridized carbons (Fsp3) is 0.571. The molecule has 2 rings (SSSR count). The van der Waals surface area contributed by atoms with Gasteiger partial charge in [-0.15, -0.1) is 0 Å². The summed E-state index contributed by atoms with van der Waals surface area (Å²) in [5, 5.41) is 3.37. The molecule has 1 heterocycles. The van der Waals surface area contributed by atoms with E-state index in [9.17, 15) is 4.39 Å². The highest BCUT2D eigenvalue weighted by molar-refractivity contribution is 9.10. The van der Waals surface area contributed by atoms with Crippen LogP contribution in [0.15, 0.2) is 22.7 Å². The molecule has 1 aromatic carbocycles. The summed E-state index contributed by atoms with van der Waals surface area (Å²) >= 11 is 3.37. The summed E-state index contributed by atoms with van der Waals surface area (Å²) in [6.07, 6.45) is 2.48. The fourth-order valence-electron chi connectivity index (χ4n) is 2.36. The smallest absolute Gasteiger partial charge is 0.127 e. The Morgan fingerprint density at radius 1 is 1.39 bits per heavy atom. The number of nitrogens with one attached hydrogen (secondary N) is 1. The molecule has 1 fully saturated rings. The highest BCUT2D eigenvalue weighted by Gasteiger charge is 2.16. The van der Waals surface area contributed by atoms with Gasteiger partial charge in [-0.25, -0.2) is 4.39 Å². The van der Waals surface area contributed by atoms with E-state index in [4.69, 9.17) is 0 Å². The van der Waals surface area contributed by atoms with Gasteiger partial charge in [0.15, 0.2) is 0 Å². The molecule has 18 heavy (non-hydrogen) atoms. The number of rotatable bonds is 4. The molecule has 0 aliphatic carbocycles. The van der Waals surface area contributed by atoms with Gasteiger partial charge in [-0.2, -0.15) is 0 Å². The normalized spacial score (nSPS) is 18.2. The van der Waals surface area contributed by atoms with Crippen LogP contribution in [0.25, 0.3) is 0 Å². The first-order valence-corrected chi connectivity index (χ1v) is 7.27. The van der Waals surface area contributed by atoms with Gasteiger partial charge in [-0.3, -0.25) is 0 Å². The van der Waals surface area contributed by atoms with Crippen molar-refractivity contribution in [3.8, 4) is 0 Å². The monoisotopic (exact) mass is 314 g/mol. The summed E-state index contributed by atoms with van der Waals surface area (Å²) in [5.41, 5.74) is 0.734. The lowest BCUT2D eigenvalue weighted by Crippen LogP contribution is -2.34. The first-order chi connectivity index (χ1) is 8.65. The lowest BCUT2D eigenvalue weighted by Gasteiger charge is -2.29. The third-order valence-corrected chi connectivity index (χ3v) is 4.09. The second-order valence-corrected chi connectivity index (χ2v) is 6.03. The van der Waals surface area contributed by atoms with Crippen LogP contribution < -0.4 is 5.32 Å². The van der Waals surface area contributed by atoms with Gasteiger partial charge in [0.25, 0.3) is 0 Å². The Labute approximate surface area is 117 Å². The molecule has 1 aliphatic heterocycles. The standard InChI is InChI=1S/C14H20BrFN2/c1-18-6-4-11(5-7-18)9-17-10-12-8-13(15)2-3-14(12)16/h2-3,8,11,17H,4-7,9-10H2,1H3. The molecule has 1 N–H and O–H groups in total. The second-order valence-electron chi connectivity index (χ2n) is 5.11. The number of hydrogen-bond acceptors (Lipinski definition) is 2. The maximum Gasteiger partial charge on any atom is 0.127 e. The molecule has 0 spiro atoms. The number of halogens is 2. The zero-order valence-corrected chi connectivity index (χ0v) is 12.3. The van der Waals surface area contributed by atoms with Gasteiger partial charge in [0.1, 0.15) is 5.82 Å². The molecule has 1 saturated heterocycles. The maximum atomic E-state index is 13.5. The van der Waals surface area contributed by atoms with Crippen molar-refractivity contribution in [2.45, 2.75) is 19.4 Å². The highest BCUT2D eigenvalue weighted by Crippen LogP contribution is 2.17. The van der Waals surface area contributed by atoms with Crippen molar-refractivity contribution in [2.24, 2.45) is 5.92 Å². The molecular formula is C14H20BrFN2. The lowest BCUT2D eigenvalue weighted by atomic mass is 9.97. The van der Waals surface area contributed by atoms with Crippen LogP contribution in [0.1, 0.15) is 18.4 Å². The molecule has 2 nitrogen and oxygen atoms in total. The number of piperidine rings is 1. The van der Waals surface area contributed by atoms with Gasteiger partial charge >= 0.3 is 0 Å². The zero-order chi connectivity index (χ0) is 13.0. The zero-order valence-electron chi connectivity index (χ0n) is 10.8. The summed E-state index contributed by atoms with van der Waals surface area (Å²) in [6, 6.07) is 5.09. The van der Waals surface area contributed by atoms with Crippen molar-refractivity contribution in [1.29, 1.82) is 0 Å². The van der Waals surface area contributed by atoms with Crippen LogP contribution in [0.2, 0.25) is 0 Å². The minimum atomic E-state index is -0.130. The Hall–Kier alpha value is -0.450. The van der Waals surface area contributed by atoms with Crippen LogP contribution in [0.3, 0.4) is 0 Å². The molecule has 1 aromatic rings. The Morgan fingerprint density at radius 3 is 2.83 bits per heavy atom. The van der Waals surface area contributed by atoms with Gasteiger partial charge < -0.3 is 10.2 Å². The van der Waals surface area contributed by atoms with Crippen LogP contribution in [0.4, 0.5) is 4.39 Å². The molecule has 1 aliphatic rings. The number of benzene rings is 1. The fourth-order valence-corrected chi connectivity index (χ4v) is 2.76. The average molecular weight is 315 g/mol. The van der Waals surface area contributed by atoms with E-state index in [1.807, 2.05) is 6.07 Å². The molecule has 0 bridgehead atoms. The highest BCUT2D eigenvalue weighted by atomic mass is 79.9. The Bertz CT molecular complexity index is 389. The minimum Gasteiger partial charge on any atom is -0.312 e. The summed E-state index contributed by atoms with van der Waals surface area (Å²) in [7, 11) is 2.17. The van der Waals surface area contributed by atoms with Gasteiger partial charge in [-0.1, -0.05) is 15.9 Å². The van der Waals surface area contributed by atoms with Crippen molar-refractivity contribution >= 4 is 15.9 Å². The van der Waals surface area contributed by atoms with Crippen molar-refractivity contribution in [1.82, 2.24) is 10.2 Å². The van der Waals surface area contributed by atoms with E-state index in [0.29, 0.717) is 6.54 Å². The number of hydrogen-bond donors (Lipinski definition) is 1. The van der Waals surface area contributed by atoms with Crippen LogP contribution in [-0.4, -0.2) is 31.6 Å². The molecule has 0 unspecified atom stereocenters. The third-order valence-electron chi connectivity index (χ3n) is 3.59. The summed E-state index contributed by atoms with van der Waals surface area (Å²) < 4.78 is 14.4. The maximum absolute atomic E-state index is 13.5. The van der Waals surface area contributed by atoms with Crippen LogP contribution in [0.5, 0.6) is 0 Å². The van der Waals surface area contributed by atoms with E-state index < -0.39 is 0 Å². The molecule has 4 heteroatoms. The molecule has 0 saturated carbocycles. The second kappa shape index (κ2) is 6.64. The van der Waals surface area contributed by atoms with Gasteiger partial charge in [0, 0.05) is 16.6 Å². The van der Waals surface area contributed by atoms with Gasteiger partial charge in [0.05, 0.1) is 0 Å². The van der Waals surface area contributed by atoms with E-state index in [1.54, 1.807) is 6.07 Å². The lowest BCUT2D eigenvalue weighted by molar-refractivity contribution is 0.216. The largest absolute Gasteiger partial charge is 0.312 e. The summed E-state index contributed by atoms with van der Waals surface area (Å²) in [5.74, 6) is 0.602. The van der Waals surface area contributed by atoms with E-state index in [1.165, 1.54) is 32.0 Å². The predicted molar refractivity (Wildman–Crippen MR) is 76.0 cm³/mol. The Kier molecular flexibility index (Phi) is 5.15. The van der Waals surface area contributed by atoms with Crippen molar-refractivity contribution < 1.29 is 4.39 Å². The molecule has 0 amide bonds. The molecular weight excluding hydrogens is 295 g/mol. The minimum absolute atomic E-state index is 0.130. The van der Waals surface area contributed by atoms with Gasteiger partial charge in [0.2, 0.25) is 0 Å². The first kappa shape index (κ1) is 14.0. The SMILES string of the molecule is CN1CCC(CNCc2cc(Br)ccc2F)CC1. The van der Waals surface area contributed by atoms with Crippen LogP contribution >= 0.6 is 15.9 Å². The first-order valence-electron chi connectivity index (χ1n) is 6.48. The van der Waals surface area contributed by atoms with Crippen molar-refractivity contribution in [2.75, 3.05) is 26.7 Å². The molecule has 100 valence electrons. The topological polar surface area (TPSA) is 15.3 Å². The van der Waals surface area contributed by atoms with E-state index >= 15 is 0 Å². The van der Waals surface area contributed by atoms with Crippen LogP contribution in [0, 0.1) is 11.7 Å². The van der Waals surface area contributed by atoms with E-state index in [-0.39, 0.29) is 5.82 Å². The van der Waals surface area contributed by atoms with Gasteiger partial charge in [-0.05, 0) is 63.6 Å². The predicted octanol–water partition coefficient (Wildman–Crippen LogP) is 3.02. The summed E-state index contributed by atoms with van der Waals surface area (Å²) in [6.45, 7) is 3.95.